The molecule has 2 heterocycles. The summed E-state index contributed by atoms with van der Waals surface area (Å²) < 4.78 is 2.11. The molecule has 0 unspecified atom stereocenters. The Labute approximate surface area is 184 Å². The van der Waals surface area contributed by atoms with Crippen LogP contribution in [-0.4, -0.2) is 16.4 Å². The molecule has 0 saturated carbocycles. The van der Waals surface area contributed by atoms with Crippen molar-refractivity contribution in [2.24, 2.45) is 0 Å². The van der Waals surface area contributed by atoms with Crippen molar-refractivity contribution < 1.29 is 9.59 Å². The van der Waals surface area contributed by atoms with Crippen LogP contribution in [0.15, 0.2) is 90.6 Å². The minimum atomic E-state index is -0.414. The van der Waals surface area contributed by atoms with Gasteiger partial charge in [0.2, 0.25) is 0 Å². The molecule has 1 aliphatic heterocycles. The van der Waals surface area contributed by atoms with E-state index in [9.17, 15) is 9.59 Å². The smallest absolute Gasteiger partial charge is 0.282 e. The van der Waals surface area contributed by atoms with Crippen LogP contribution in [0.25, 0.3) is 17.0 Å². The van der Waals surface area contributed by atoms with Crippen LogP contribution in [0.3, 0.4) is 0 Å². The number of carbonyl (C=O) groups excluding carboxylic acids is 2. The van der Waals surface area contributed by atoms with Crippen molar-refractivity contribution in [2.45, 2.75) is 6.54 Å². The predicted octanol–water partition coefficient (Wildman–Crippen LogP) is 4.80. The van der Waals surface area contributed by atoms with Crippen LogP contribution in [0.1, 0.15) is 11.1 Å². The van der Waals surface area contributed by atoms with Gasteiger partial charge in [-0.15, -0.1) is 0 Å². The molecule has 0 radical (unpaired) electrons. The third-order valence-electron chi connectivity index (χ3n) is 5.29. The Bertz CT molecular complexity index is 1320. The number of nitrogens with one attached hydrogen (secondary N) is 1. The summed E-state index contributed by atoms with van der Waals surface area (Å²) >= 11 is 6.00. The zero-order valence-corrected chi connectivity index (χ0v) is 17.2. The number of hydrogen-bond acceptors (Lipinski definition) is 2. The number of halogens is 1. The molecule has 6 heteroatoms. The Balaban J connectivity index is 1.53. The molecule has 0 atom stereocenters. The molecule has 5 rings (SSSR count). The molecule has 152 valence electrons. The van der Waals surface area contributed by atoms with Gasteiger partial charge in [-0.05, 0) is 42.0 Å². The number of amides is 2. The van der Waals surface area contributed by atoms with Gasteiger partial charge in [-0.25, -0.2) is 5.01 Å². The average Bonchev–Trinajstić information content (AvgIpc) is 3.28. The average molecular weight is 428 g/mol. The van der Waals surface area contributed by atoms with E-state index in [-0.39, 0.29) is 11.5 Å². The highest BCUT2D eigenvalue weighted by Gasteiger charge is 2.34. The first-order valence-electron chi connectivity index (χ1n) is 9.85. The number of aromatic nitrogens is 1. The minimum Gasteiger partial charge on any atom is -0.342 e. The number of carbonyl (C=O) groups is 2. The standard InChI is InChI=1S/C25H18ClN3O2/c26-19-12-10-17(11-13-19)15-28-16-18(21-8-4-5-9-23(21)28)14-22-24(30)27-29(25(22)31)20-6-2-1-3-7-20/h1-14,16H,15H2,(H,27,30). The number of para-hydroxylation sites is 2. The van der Waals surface area contributed by atoms with Crippen LogP contribution in [0, 0.1) is 0 Å². The maximum absolute atomic E-state index is 12.9. The summed E-state index contributed by atoms with van der Waals surface area (Å²) in [6, 6.07) is 24.7. The summed E-state index contributed by atoms with van der Waals surface area (Å²) in [4.78, 5) is 25.5. The summed E-state index contributed by atoms with van der Waals surface area (Å²) in [5, 5.41) is 2.95. The summed E-state index contributed by atoms with van der Waals surface area (Å²) in [6.45, 7) is 0.650. The first kappa shape index (κ1) is 19.2. The highest BCUT2D eigenvalue weighted by atomic mass is 35.5. The number of rotatable bonds is 4. The lowest BCUT2D eigenvalue weighted by Gasteiger charge is -2.13. The van der Waals surface area contributed by atoms with Gasteiger partial charge >= 0.3 is 0 Å². The number of benzene rings is 3. The van der Waals surface area contributed by atoms with E-state index in [0.29, 0.717) is 17.3 Å². The van der Waals surface area contributed by atoms with Crippen molar-refractivity contribution in [3.05, 3.63) is 107 Å². The lowest BCUT2D eigenvalue weighted by atomic mass is 10.1. The second-order valence-corrected chi connectivity index (χ2v) is 7.77. The highest BCUT2D eigenvalue weighted by molar-refractivity contribution is 6.32. The fourth-order valence-corrected chi connectivity index (χ4v) is 3.91. The monoisotopic (exact) mass is 427 g/mol. The molecule has 4 aromatic rings. The lowest BCUT2D eigenvalue weighted by Crippen LogP contribution is -2.35. The maximum atomic E-state index is 12.9. The third kappa shape index (κ3) is 3.60. The minimum absolute atomic E-state index is 0.109. The van der Waals surface area contributed by atoms with E-state index >= 15 is 0 Å². The lowest BCUT2D eigenvalue weighted by molar-refractivity contribution is -0.117. The molecule has 1 aromatic heterocycles. The van der Waals surface area contributed by atoms with Crippen LogP contribution >= 0.6 is 11.6 Å². The number of hydrazine groups is 1. The summed E-state index contributed by atoms with van der Waals surface area (Å²) in [6.07, 6.45) is 3.64. The Kier molecular flexibility index (Phi) is 4.81. The van der Waals surface area contributed by atoms with E-state index in [1.165, 1.54) is 5.01 Å². The van der Waals surface area contributed by atoms with Crippen molar-refractivity contribution in [1.82, 2.24) is 9.99 Å². The van der Waals surface area contributed by atoms with E-state index in [4.69, 9.17) is 11.6 Å². The Hall–Kier alpha value is -3.83. The van der Waals surface area contributed by atoms with Gasteiger partial charge in [0.05, 0.1) is 5.69 Å². The molecule has 5 nitrogen and oxygen atoms in total. The highest BCUT2D eigenvalue weighted by Crippen LogP contribution is 2.27. The molecule has 1 N–H and O–H groups in total. The molecule has 1 saturated heterocycles. The summed E-state index contributed by atoms with van der Waals surface area (Å²) in [7, 11) is 0. The van der Waals surface area contributed by atoms with Gasteiger partial charge in [-0.1, -0.05) is 60.1 Å². The van der Waals surface area contributed by atoms with Crippen molar-refractivity contribution in [2.75, 3.05) is 5.01 Å². The number of fused-ring (bicyclic) bond motifs is 1. The van der Waals surface area contributed by atoms with Gasteiger partial charge in [0.25, 0.3) is 11.8 Å². The third-order valence-corrected chi connectivity index (χ3v) is 5.54. The quantitative estimate of drug-likeness (QED) is 0.375. The van der Waals surface area contributed by atoms with Crippen molar-refractivity contribution in [3.8, 4) is 0 Å². The Morgan fingerprint density at radius 2 is 1.58 bits per heavy atom. The maximum Gasteiger partial charge on any atom is 0.282 e. The second kappa shape index (κ2) is 7.78. The molecule has 0 bridgehead atoms. The Morgan fingerprint density at radius 3 is 2.35 bits per heavy atom. The zero-order chi connectivity index (χ0) is 21.4. The molecule has 3 aromatic carbocycles. The fraction of sp³-hybridized carbons (Fsp3) is 0.0400. The van der Waals surface area contributed by atoms with Gasteiger partial charge in [0.15, 0.2) is 0 Å². The number of anilines is 1. The molecule has 0 spiro atoms. The molecule has 1 fully saturated rings. The SMILES string of the molecule is O=C1NN(c2ccccc2)C(=O)C1=Cc1cn(Cc2ccc(Cl)cc2)c2ccccc12. The normalized spacial score (nSPS) is 15.1. The van der Waals surface area contributed by atoms with Crippen molar-refractivity contribution >= 4 is 46.1 Å². The second-order valence-electron chi connectivity index (χ2n) is 7.33. The molecule has 2 amide bonds. The van der Waals surface area contributed by atoms with E-state index in [0.717, 1.165) is 22.0 Å². The number of hydrogen-bond donors (Lipinski definition) is 1. The van der Waals surface area contributed by atoms with Gasteiger partial charge < -0.3 is 4.57 Å². The molecular weight excluding hydrogens is 410 g/mol. The van der Waals surface area contributed by atoms with Gasteiger partial charge in [-0.3, -0.25) is 15.0 Å². The molecular formula is C25H18ClN3O2. The molecule has 1 aliphatic rings. The number of nitrogens with zero attached hydrogens (tertiary/aromatic N) is 2. The van der Waals surface area contributed by atoms with E-state index in [1.807, 2.05) is 72.9 Å². The van der Waals surface area contributed by atoms with E-state index in [2.05, 4.69) is 9.99 Å². The summed E-state index contributed by atoms with van der Waals surface area (Å²) in [5.41, 5.74) is 6.32. The predicted molar refractivity (Wildman–Crippen MR) is 123 cm³/mol. The Morgan fingerprint density at radius 1 is 0.871 bits per heavy atom. The molecule has 31 heavy (non-hydrogen) atoms. The largest absolute Gasteiger partial charge is 0.342 e. The van der Waals surface area contributed by atoms with Crippen LogP contribution in [0.2, 0.25) is 5.02 Å². The first-order valence-corrected chi connectivity index (χ1v) is 10.2. The van der Waals surface area contributed by atoms with Gasteiger partial charge in [-0.2, -0.15) is 0 Å². The fourth-order valence-electron chi connectivity index (χ4n) is 3.78. The van der Waals surface area contributed by atoms with Crippen LogP contribution in [0.4, 0.5) is 5.69 Å². The van der Waals surface area contributed by atoms with Crippen LogP contribution < -0.4 is 10.4 Å². The zero-order valence-electron chi connectivity index (χ0n) is 16.5. The first-order chi connectivity index (χ1) is 15.1. The van der Waals surface area contributed by atoms with E-state index < -0.39 is 5.91 Å². The van der Waals surface area contributed by atoms with Crippen molar-refractivity contribution in [3.63, 3.8) is 0 Å². The molecule has 0 aliphatic carbocycles. The van der Waals surface area contributed by atoms with Crippen molar-refractivity contribution in [1.29, 1.82) is 0 Å². The van der Waals surface area contributed by atoms with Gasteiger partial charge in [0, 0.05) is 34.2 Å². The van der Waals surface area contributed by atoms with Crippen LogP contribution in [-0.2, 0) is 16.1 Å². The van der Waals surface area contributed by atoms with E-state index in [1.54, 1.807) is 18.2 Å². The van der Waals surface area contributed by atoms with Gasteiger partial charge in [0.1, 0.15) is 5.57 Å². The topological polar surface area (TPSA) is 54.3 Å². The van der Waals surface area contributed by atoms with Crippen LogP contribution in [0.5, 0.6) is 0 Å². The summed E-state index contributed by atoms with van der Waals surface area (Å²) in [5.74, 6) is -0.783.